The van der Waals surface area contributed by atoms with Crippen LogP contribution < -0.4 is 9.47 Å². The lowest BCUT2D eigenvalue weighted by Crippen LogP contribution is -2.04. The molecule has 4 aromatic rings. The zero-order valence-corrected chi connectivity index (χ0v) is 19.3. The maximum Gasteiger partial charge on any atom is 0.304 e. The van der Waals surface area contributed by atoms with E-state index in [1.807, 2.05) is 42.5 Å². The highest BCUT2D eigenvalue weighted by molar-refractivity contribution is 7.17. The molecule has 1 N–H and O–H groups in total. The predicted octanol–water partition coefficient (Wildman–Crippen LogP) is 6.74. The molecule has 0 bridgehead atoms. The van der Waals surface area contributed by atoms with Crippen molar-refractivity contribution in [3.8, 4) is 34.5 Å². The predicted molar refractivity (Wildman–Crippen MR) is 133 cm³/mol. The van der Waals surface area contributed by atoms with Gasteiger partial charge in [0.1, 0.15) is 18.1 Å². The Hall–Kier alpha value is -3.75. The van der Waals surface area contributed by atoms with Crippen LogP contribution in [-0.2, 0) is 11.4 Å². The summed E-state index contributed by atoms with van der Waals surface area (Å²) in [5, 5.41) is 12.5. The van der Waals surface area contributed by atoms with Gasteiger partial charge < -0.3 is 14.6 Å². The first kappa shape index (κ1) is 22.4. The number of rotatable bonds is 8. The number of para-hydroxylation sites is 1. The van der Waals surface area contributed by atoms with E-state index in [9.17, 15) is 4.79 Å². The number of carboxylic acids is 1. The van der Waals surface area contributed by atoms with E-state index in [2.05, 4.69) is 41.5 Å². The number of benzene rings is 3. The molecule has 0 amide bonds. The minimum absolute atomic E-state index is 0.0176. The van der Waals surface area contributed by atoms with E-state index in [0.717, 1.165) is 33.8 Å². The highest BCUT2D eigenvalue weighted by Gasteiger charge is 2.14. The summed E-state index contributed by atoms with van der Waals surface area (Å²) in [6.07, 6.45) is -0.0176. The van der Waals surface area contributed by atoms with Crippen LogP contribution in [0.1, 0.15) is 30.4 Å². The summed E-state index contributed by atoms with van der Waals surface area (Å²) in [5.74, 6) is 6.19. The SMILES string of the molecule is CC#CC(CC(=O)O)c1ccc(OCc2ccc3scc(-c4ccccc4OC)c3c2)cc1. The van der Waals surface area contributed by atoms with Crippen LogP contribution in [0.2, 0.25) is 0 Å². The number of hydrogen-bond acceptors (Lipinski definition) is 4. The molecule has 0 saturated heterocycles. The van der Waals surface area contributed by atoms with Crippen molar-refractivity contribution in [2.24, 2.45) is 0 Å². The minimum Gasteiger partial charge on any atom is -0.496 e. The summed E-state index contributed by atoms with van der Waals surface area (Å²) in [5.41, 5.74) is 4.17. The van der Waals surface area contributed by atoms with E-state index in [0.29, 0.717) is 6.61 Å². The van der Waals surface area contributed by atoms with E-state index < -0.39 is 5.97 Å². The van der Waals surface area contributed by atoms with Crippen LogP contribution >= 0.6 is 11.3 Å². The molecule has 3 aromatic carbocycles. The van der Waals surface area contributed by atoms with Gasteiger partial charge in [-0.3, -0.25) is 4.79 Å². The number of methoxy groups -OCH3 is 1. The van der Waals surface area contributed by atoms with Gasteiger partial charge >= 0.3 is 5.97 Å². The lowest BCUT2D eigenvalue weighted by atomic mass is 9.96. The third kappa shape index (κ3) is 5.19. The van der Waals surface area contributed by atoms with Crippen molar-refractivity contribution < 1.29 is 19.4 Å². The molecule has 0 radical (unpaired) electrons. The Labute approximate surface area is 197 Å². The van der Waals surface area contributed by atoms with Crippen LogP contribution in [0.15, 0.2) is 72.1 Å². The highest BCUT2D eigenvalue weighted by atomic mass is 32.1. The Morgan fingerprint density at radius 1 is 1.06 bits per heavy atom. The Bertz CT molecular complexity index is 1330. The second-order valence-corrected chi connectivity index (χ2v) is 8.49. The summed E-state index contributed by atoms with van der Waals surface area (Å²) < 4.78 is 12.8. The normalized spacial score (nSPS) is 11.5. The van der Waals surface area contributed by atoms with E-state index >= 15 is 0 Å². The molecule has 1 heterocycles. The Balaban J connectivity index is 1.52. The van der Waals surface area contributed by atoms with Crippen molar-refractivity contribution in [2.75, 3.05) is 7.11 Å². The zero-order chi connectivity index (χ0) is 23.2. The van der Waals surface area contributed by atoms with Crippen molar-refractivity contribution in [3.05, 3.63) is 83.2 Å². The van der Waals surface area contributed by atoms with Gasteiger partial charge in [0.2, 0.25) is 0 Å². The topological polar surface area (TPSA) is 55.8 Å². The van der Waals surface area contributed by atoms with Crippen LogP contribution in [-0.4, -0.2) is 18.2 Å². The summed E-state index contributed by atoms with van der Waals surface area (Å²) in [6, 6.07) is 21.9. The van der Waals surface area contributed by atoms with Gasteiger partial charge in [0.15, 0.2) is 0 Å². The van der Waals surface area contributed by atoms with Crippen molar-refractivity contribution in [2.45, 2.75) is 25.9 Å². The van der Waals surface area contributed by atoms with Gasteiger partial charge in [0, 0.05) is 21.2 Å². The Kier molecular flexibility index (Phi) is 6.97. The molecule has 0 spiro atoms. The number of ether oxygens (including phenoxy) is 2. The number of aliphatic carboxylic acids is 1. The van der Waals surface area contributed by atoms with Crippen LogP contribution in [0, 0.1) is 11.8 Å². The van der Waals surface area contributed by atoms with E-state index in [1.54, 1.807) is 25.4 Å². The van der Waals surface area contributed by atoms with Crippen LogP contribution in [0.4, 0.5) is 0 Å². The fourth-order valence-corrected chi connectivity index (χ4v) is 4.75. The van der Waals surface area contributed by atoms with Gasteiger partial charge in [-0.15, -0.1) is 17.3 Å². The molecule has 0 aliphatic carbocycles. The maximum atomic E-state index is 11.1. The first-order valence-corrected chi connectivity index (χ1v) is 11.5. The molecular formula is C28H24O4S. The maximum absolute atomic E-state index is 11.1. The standard InChI is InChI=1S/C28H24O4S/c1-3-6-21(16-28(29)30)20-10-12-22(13-11-20)32-17-19-9-14-27-24(15-19)25(18-33-27)23-7-4-5-8-26(23)31-2/h4-5,7-15,18,21H,16-17H2,1-2H3,(H,29,30). The molecule has 5 heteroatoms. The summed E-state index contributed by atoms with van der Waals surface area (Å²) >= 11 is 1.71. The fraction of sp³-hybridized carbons (Fsp3) is 0.179. The third-order valence-corrected chi connectivity index (χ3v) is 6.38. The average Bonchev–Trinajstić information content (AvgIpc) is 3.25. The summed E-state index contributed by atoms with van der Waals surface area (Å²) in [6.45, 7) is 2.15. The van der Waals surface area contributed by atoms with Gasteiger partial charge in [-0.25, -0.2) is 0 Å². The third-order valence-electron chi connectivity index (χ3n) is 5.42. The molecule has 1 aromatic heterocycles. The first-order valence-electron chi connectivity index (χ1n) is 10.6. The molecule has 4 nitrogen and oxygen atoms in total. The molecule has 1 unspecified atom stereocenters. The van der Waals surface area contributed by atoms with Gasteiger partial charge in [0.25, 0.3) is 0 Å². The highest BCUT2D eigenvalue weighted by Crippen LogP contribution is 2.39. The quantitative estimate of drug-likeness (QED) is 0.298. The van der Waals surface area contributed by atoms with Gasteiger partial charge in [-0.05, 0) is 53.8 Å². The number of carboxylic acid groups (broad SMARTS) is 1. The molecule has 33 heavy (non-hydrogen) atoms. The van der Waals surface area contributed by atoms with Crippen molar-refractivity contribution in [1.29, 1.82) is 0 Å². The fourth-order valence-electron chi connectivity index (χ4n) is 3.81. The summed E-state index contributed by atoms with van der Waals surface area (Å²) in [4.78, 5) is 11.1. The summed E-state index contributed by atoms with van der Waals surface area (Å²) in [7, 11) is 1.69. The van der Waals surface area contributed by atoms with Crippen LogP contribution in [0.3, 0.4) is 0 Å². The smallest absolute Gasteiger partial charge is 0.304 e. The molecule has 0 aliphatic heterocycles. The van der Waals surface area contributed by atoms with Gasteiger partial charge in [-0.2, -0.15) is 0 Å². The lowest BCUT2D eigenvalue weighted by Gasteiger charge is -2.11. The molecule has 0 fully saturated rings. The molecule has 0 saturated carbocycles. The Morgan fingerprint density at radius 2 is 1.85 bits per heavy atom. The molecular weight excluding hydrogens is 432 g/mol. The van der Waals surface area contributed by atoms with Crippen molar-refractivity contribution in [3.63, 3.8) is 0 Å². The van der Waals surface area contributed by atoms with Crippen LogP contribution in [0.5, 0.6) is 11.5 Å². The van der Waals surface area contributed by atoms with Crippen molar-refractivity contribution in [1.82, 2.24) is 0 Å². The average molecular weight is 457 g/mol. The molecule has 1 atom stereocenters. The molecule has 166 valence electrons. The molecule has 0 aliphatic rings. The lowest BCUT2D eigenvalue weighted by molar-refractivity contribution is -0.137. The van der Waals surface area contributed by atoms with Gasteiger partial charge in [-0.1, -0.05) is 42.3 Å². The van der Waals surface area contributed by atoms with Crippen LogP contribution in [0.25, 0.3) is 21.2 Å². The number of fused-ring (bicyclic) bond motifs is 1. The zero-order valence-electron chi connectivity index (χ0n) is 18.5. The molecule has 4 rings (SSSR count). The van der Waals surface area contributed by atoms with E-state index in [1.165, 1.54) is 10.1 Å². The number of hydrogen-bond donors (Lipinski definition) is 1. The number of carbonyl (C=O) groups is 1. The van der Waals surface area contributed by atoms with Crippen molar-refractivity contribution >= 4 is 27.4 Å². The number of thiophene rings is 1. The second kappa shape index (κ2) is 10.2. The van der Waals surface area contributed by atoms with E-state index in [4.69, 9.17) is 14.6 Å². The first-order chi connectivity index (χ1) is 16.1. The minimum atomic E-state index is -0.862. The second-order valence-electron chi connectivity index (χ2n) is 7.58. The monoisotopic (exact) mass is 456 g/mol. The van der Waals surface area contributed by atoms with E-state index in [-0.39, 0.29) is 12.3 Å². The van der Waals surface area contributed by atoms with Gasteiger partial charge in [0.05, 0.1) is 19.4 Å². The largest absolute Gasteiger partial charge is 0.496 e. The Morgan fingerprint density at radius 3 is 2.58 bits per heavy atom.